The molecule has 40 heavy (non-hydrogen) atoms. The van der Waals surface area contributed by atoms with E-state index in [-0.39, 0.29) is 5.95 Å². The third kappa shape index (κ3) is 6.79. The molecular weight excluding hydrogens is 494 g/mol. The van der Waals surface area contributed by atoms with Crippen LogP contribution in [0.15, 0.2) is 77.2 Å². The third-order valence-electron chi connectivity index (χ3n) is 8.30. The molecule has 3 aromatic carbocycles. The van der Waals surface area contributed by atoms with E-state index in [2.05, 4.69) is 86.3 Å². The van der Waals surface area contributed by atoms with Gasteiger partial charge in [-0.25, -0.2) is 0 Å². The maximum atomic E-state index is 9.85. The van der Waals surface area contributed by atoms with Crippen LogP contribution in [-0.2, 0) is 0 Å². The molecule has 4 nitrogen and oxygen atoms in total. The molecule has 210 valence electrons. The Bertz CT molecular complexity index is 1410. The molecule has 4 aromatic rings. The summed E-state index contributed by atoms with van der Waals surface area (Å²) in [5.41, 5.74) is 7.88. The summed E-state index contributed by atoms with van der Waals surface area (Å²) in [5, 5.41) is 10.7. The number of nitrogens with zero attached hydrogens (tertiary/aromatic N) is 1. The van der Waals surface area contributed by atoms with Crippen LogP contribution in [0.2, 0.25) is 0 Å². The second-order valence-electron chi connectivity index (χ2n) is 11.2. The molecule has 1 atom stereocenters. The molecule has 1 unspecified atom stereocenters. The van der Waals surface area contributed by atoms with Gasteiger partial charge in [0.1, 0.15) is 17.9 Å². The Balaban J connectivity index is 1.36. The van der Waals surface area contributed by atoms with Crippen molar-refractivity contribution in [1.29, 1.82) is 0 Å². The van der Waals surface area contributed by atoms with Gasteiger partial charge in [0.2, 0.25) is 0 Å². The van der Waals surface area contributed by atoms with Gasteiger partial charge in [-0.3, -0.25) is 4.90 Å². The average molecular weight is 538 g/mol. The van der Waals surface area contributed by atoms with Crippen LogP contribution in [0.4, 0.5) is 0 Å². The van der Waals surface area contributed by atoms with Gasteiger partial charge in [-0.15, -0.1) is 0 Å². The fourth-order valence-corrected chi connectivity index (χ4v) is 6.13. The monoisotopic (exact) mass is 537 g/mol. The first-order valence-corrected chi connectivity index (χ1v) is 15.0. The Morgan fingerprint density at radius 3 is 2.35 bits per heavy atom. The van der Waals surface area contributed by atoms with Gasteiger partial charge in [-0.2, -0.15) is 0 Å². The van der Waals surface area contributed by atoms with Gasteiger partial charge in [0.15, 0.2) is 0 Å². The molecule has 5 rings (SSSR count). The van der Waals surface area contributed by atoms with Crippen LogP contribution >= 0.6 is 0 Å². The minimum atomic E-state index is -0.0555. The molecule has 0 saturated carbocycles. The highest BCUT2D eigenvalue weighted by atomic mass is 16.5. The lowest BCUT2D eigenvalue weighted by Gasteiger charge is -2.20. The van der Waals surface area contributed by atoms with Crippen molar-refractivity contribution in [3.8, 4) is 11.7 Å². The number of hydrogen-bond acceptors (Lipinski definition) is 4. The molecule has 0 bridgehead atoms. The van der Waals surface area contributed by atoms with Gasteiger partial charge in [0.25, 0.3) is 5.95 Å². The molecule has 0 spiro atoms. The fourth-order valence-electron chi connectivity index (χ4n) is 6.13. The molecule has 4 heteroatoms. The van der Waals surface area contributed by atoms with E-state index in [1.54, 1.807) is 6.07 Å². The molecule has 0 aliphatic carbocycles. The second-order valence-corrected chi connectivity index (χ2v) is 11.2. The van der Waals surface area contributed by atoms with Crippen LogP contribution in [-0.4, -0.2) is 36.2 Å². The van der Waals surface area contributed by atoms with Crippen LogP contribution in [0.25, 0.3) is 22.1 Å². The first-order chi connectivity index (χ1) is 19.5. The zero-order valence-electron chi connectivity index (χ0n) is 24.3. The minimum Gasteiger partial charge on any atom is -0.492 e. The Kier molecular flexibility index (Phi) is 9.28. The molecule has 1 aromatic heterocycles. The zero-order chi connectivity index (χ0) is 27.9. The number of rotatable bonds is 10. The fraction of sp³-hybridized carbons (Fsp3) is 0.389. The summed E-state index contributed by atoms with van der Waals surface area (Å²) in [4.78, 5) is 2.58. The van der Waals surface area contributed by atoms with Crippen molar-refractivity contribution >= 4 is 22.1 Å². The van der Waals surface area contributed by atoms with Gasteiger partial charge in [0, 0.05) is 18.0 Å². The largest absolute Gasteiger partial charge is 0.492 e. The predicted octanol–water partition coefficient (Wildman–Crippen LogP) is 9.10. The van der Waals surface area contributed by atoms with E-state index in [1.165, 1.54) is 67.5 Å². The Hall–Kier alpha value is -3.50. The minimum absolute atomic E-state index is 0.0555. The van der Waals surface area contributed by atoms with Crippen molar-refractivity contribution < 1.29 is 14.3 Å². The quantitative estimate of drug-likeness (QED) is 0.205. The second kappa shape index (κ2) is 13.2. The standard InChI is InChI=1S/C36H43NO3/c1-4-7-27-8-6-20-37(21-19-27)22-23-39-32-16-13-29(14-17-32)36(28-11-9-26(3)10-12-28)33(5-2)30-15-18-34-31(24-30)25-35(38)40-34/h9-18,24-25,27,38H,4-8,19-23H2,1-3H3. The molecule has 1 saturated heterocycles. The maximum absolute atomic E-state index is 9.85. The van der Waals surface area contributed by atoms with Crippen LogP contribution in [0.5, 0.6) is 11.7 Å². The summed E-state index contributed by atoms with van der Waals surface area (Å²) in [6, 6.07) is 25.2. The van der Waals surface area contributed by atoms with Gasteiger partial charge in [-0.1, -0.05) is 74.7 Å². The number of allylic oxidation sites excluding steroid dienone is 1. The maximum Gasteiger partial charge on any atom is 0.282 e. The molecule has 1 aliphatic heterocycles. The van der Waals surface area contributed by atoms with Crippen molar-refractivity contribution in [1.82, 2.24) is 4.90 Å². The average Bonchev–Trinajstić information content (AvgIpc) is 3.19. The summed E-state index contributed by atoms with van der Waals surface area (Å²) < 4.78 is 11.6. The molecule has 1 N–H and O–H groups in total. The van der Waals surface area contributed by atoms with E-state index in [4.69, 9.17) is 9.15 Å². The van der Waals surface area contributed by atoms with Crippen molar-refractivity contribution in [3.05, 3.63) is 95.1 Å². The number of hydrogen-bond donors (Lipinski definition) is 1. The molecule has 0 radical (unpaired) electrons. The van der Waals surface area contributed by atoms with Crippen LogP contribution < -0.4 is 4.74 Å². The highest BCUT2D eigenvalue weighted by Crippen LogP contribution is 2.37. The van der Waals surface area contributed by atoms with Crippen molar-refractivity contribution in [2.75, 3.05) is 26.2 Å². The topological polar surface area (TPSA) is 45.8 Å². The SMILES string of the molecule is CCCC1CCCN(CCOc2ccc(C(=C(CC)c3ccc4oc(O)cc4c3)c3ccc(C)cc3)cc2)CC1. The number of fused-ring (bicyclic) bond motifs is 1. The number of aryl methyl sites for hydroxylation is 1. The summed E-state index contributed by atoms with van der Waals surface area (Å²) >= 11 is 0. The predicted molar refractivity (Wildman–Crippen MR) is 166 cm³/mol. The summed E-state index contributed by atoms with van der Waals surface area (Å²) in [7, 11) is 0. The first kappa shape index (κ1) is 28.0. The first-order valence-electron chi connectivity index (χ1n) is 15.0. The molecule has 0 amide bonds. The van der Waals surface area contributed by atoms with E-state index in [1.807, 2.05) is 6.07 Å². The summed E-state index contributed by atoms with van der Waals surface area (Å²) in [6.07, 6.45) is 7.55. The molecular formula is C36H43NO3. The lowest BCUT2D eigenvalue weighted by molar-refractivity contribution is 0.212. The number of benzene rings is 3. The zero-order valence-corrected chi connectivity index (χ0v) is 24.3. The van der Waals surface area contributed by atoms with Crippen molar-refractivity contribution in [2.24, 2.45) is 5.92 Å². The smallest absolute Gasteiger partial charge is 0.282 e. The lowest BCUT2D eigenvalue weighted by atomic mass is 9.87. The normalized spacial score (nSPS) is 17.0. The van der Waals surface area contributed by atoms with E-state index in [0.29, 0.717) is 5.58 Å². The van der Waals surface area contributed by atoms with Gasteiger partial charge < -0.3 is 14.3 Å². The van der Waals surface area contributed by atoms with E-state index >= 15 is 0 Å². The number of likely N-dealkylation sites (tertiary alicyclic amines) is 1. The van der Waals surface area contributed by atoms with E-state index in [9.17, 15) is 5.11 Å². The highest BCUT2D eigenvalue weighted by Gasteiger charge is 2.17. The molecule has 2 heterocycles. The third-order valence-corrected chi connectivity index (χ3v) is 8.30. The van der Waals surface area contributed by atoms with Crippen LogP contribution in [0.1, 0.15) is 74.6 Å². The van der Waals surface area contributed by atoms with Crippen molar-refractivity contribution in [3.63, 3.8) is 0 Å². The molecule has 1 fully saturated rings. The Morgan fingerprint density at radius 1 is 0.900 bits per heavy atom. The van der Waals surface area contributed by atoms with Gasteiger partial charge >= 0.3 is 0 Å². The number of ether oxygens (including phenoxy) is 1. The molecule has 1 aliphatic rings. The lowest BCUT2D eigenvalue weighted by Crippen LogP contribution is -2.29. The Labute approximate surface area is 239 Å². The Morgan fingerprint density at radius 2 is 1.62 bits per heavy atom. The van der Waals surface area contributed by atoms with Crippen molar-refractivity contribution in [2.45, 2.75) is 59.3 Å². The van der Waals surface area contributed by atoms with Gasteiger partial charge in [0.05, 0.1) is 0 Å². The van der Waals surface area contributed by atoms with Crippen LogP contribution in [0.3, 0.4) is 0 Å². The van der Waals surface area contributed by atoms with Gasteiger partial charge in [-0.05, 0) is 104 Å². The highest BCUT2D eigenvalue weighted by molar-refractivity contribution is 6.00. The van der Waals surface area contributed by atoms with Crippen LogP contribution in [0, 0.1) is 12.8 Å². The summed E-state index contributed by atoms with van der Waals surface area (Å²) in [6.45, 7) is 10.7. The summed E-state index contributed by atoms with van der Waals surface area (Å²) in [5.74, 6) is 1.76. The number of furan rings is 1. The van der Waals surface area contributed by atoms with E-state index in [0.717, 1.165) is 47.8 Å². The van der Waals surface area contributed by atoms with E-state index < -0.39 is 0 Å². The number of aromatic hydroxyl groups is 1.